The van der Waals surface area contributed by atoms with Gasteiger partial charge in [-0.25, -0.2) is 0 Å². The smallest absolute Gasteiger partial charge is 0.257 e. The predicted octanol–water partition coefficient (Wildman–Crippen LogP) is 2.65. The highest BCUT2D eigenvalue weighted by atomic mass is 16.3. The first-order valence-corrected chi connectivity index (χ1v) is 9.81. The molecule has 1 aliphatic carbocycles. The lowest BCUT2D eigenvalue weighted by Crippen LogP contribution is -2.47. The zero-order chi connectivity index (χ0) is 22.0. The molecule has 0 aliphatic heterocycles. The fourth-order valence-electron chi connectivity index (χ4n) is 3.39. The van der Waals surface area contributed by atoms with E-state index in [1.165, 1.54) is 11.0 Å². The second-order valence-corrected chi connectivity index (χ2v) is 7.86. The molecule has 7 nitrogen and oxygen atoms in total. The Morgan fingerprint density at radius 1 is 1.07 bits per heavy atom. The average Bonchev–Trinajstić information content (AvgIpc) is 2.73. The van der Waals surface area contributed by atoms with Crippen LogP contribution in [0.5, 0.6) is 5.75 Å². The standard InChI is InChI=1S/C23H27N3O4/c1-13(2)17(14-9-6-5-7-10-14)25-19-18(21(28)22(19)29)24-16-12-8-11-15(20(16)27)23(30)26(3)4/h5-13,17,21,24-25,27-28H,1-4H3. The molecule has 0 saturated heterocycles. The number of benzene rings is 2. The van der Waals surface area contributed by atoms with Crippen molar-refractivity contribution in [1.82, 2.24) is 10.2 Å². The lowest BCUT2D eigenvalue weighted by Gasteiger charge is -2.34. The van der Waals surface area contributed by atoms with Gasteiger partial charge in [0.1, 0.15) is 5.70 Å². The normalized spacial score (nSPS) is 16.9. The quantitative estimate of drug-likeness (QED) is 0.525. The van der Waals surface area contributed by atoms with Crippen LogP contribution in [0.1, 0.15) is 35.8 Å². The zero-order valence-electron chi connectivity index (χ0n) is 17.5. The van der Waals surface area contributed by atoms with Crippen molar-refractivity contribution in [3.8, 4) is 5.75 Å². The molecule has 158 valence electrons. The fourth-order valence-corrected chi connectivity index (χ4v) is 3.39. The van der Waals surface area contributed by atoms with Crippen LogP contribution >= 0.6 is 0 Å². The second kappa shape index (κ2) is 8.59. The van der Waals surface area contributed by atoms with Gasteiger partial charge in [-0.1, -0.05) is 50.2 Å². The number of para-hydroxylation sites is 1. The molecule has 4 N–H and O–H groups in total. The van der Waals surface area contributed by atoms with E-state index >= 15 is 0 Å². The molecule has 1 aliphatic rings. The Hall–Kier alpha value is -3.32. The van der Waals surface area contributed by atoms with Crippen LogP contribution in [0, 0.1) is 5.92 Å². The number of hydrogen-bond acceptors (Lipinski definition) is 6. The number of aromatic hydroxyl groups is 1. The van der Waals surface area contributed by atoms with Crippen LogP contribution in [0.15, 0.2) is 59.9 Å². The van der Waals surface area contributed by atoms with E-state index in [0.29, 0.717) is 0 Å². The molecule has 7 heteroatoms. The van der Waals surface area contributed by atoms with Crippen LogP contribution in [0.4, 0.5) is 5.69 Å². The van der Waals surface area contributed by atoms with Crippen LogP contribution in [-0.4, -0.2) is 47.0 Å². The molecule has 2 aromatic carbocycles. The van der Waals surface area contributed by atoms with Gasteiger partial charge in [0.25, 0.3) is 5.91 Å². The minimum atomic E-state index is -1.32. The van der Waals surface area contributed by atoms with Gasteiger partial charge in [0.05, 0.1) is 23.0 Å². The van der Waals surface area contributed by atoms with E-state index in [1.54, 1.807) is 26.2 Å². The molecule has 0 fully saturated rings. The van der Waals surface area contributed by atoms with Gasteiger partial charge in [-0.15, -0.1) is 0 Å². The van der Waals surface area contributed by atoms with Crippen LogP contribution in [-0.2, 0) is 4.79 Å². The summed E-state index contributed by atoms with van der Waals surface area (Å²) in [5.41, 5.74) is 1.93. The van der Waals surface area contributed by atoms with Gasteiger partial charge >= 0.3 is 0 Å². The second-order valence-electron chi connectivity index (χ2n) is 7.86. The number of ketones is 1. The number of carbonyl (C=O) groups is 2. The molecule has 2 aromatic rings. The van der Waals surface area contributed by atoms with Crippen molar-refractivity contribution in [1.29, 1.82) is 0 Å². The number of rotatable bonds is 7. The Morgan fingerprint density at radius 3 is 2.33 bits per heavy atom. The molecule has 2 atom stereocenters. The third-order valence-corrected chi connectivity index (χ3v) is 5.10. The van der Waals surface area contributed by atoms with Gasteiger partial charge in [-0.3, -0.25) is 9.59 Å². The minimum absolute atomic E-state index is 0.129. The number of Topliss-reactive ketones (excluding diaryl/α,β-unsaturated/α-hetero) is 1. The Kier molecular flexibility index (Phi) is 6.12. The number of nitrogens with zero attached hydrogens (tertiary/aromatic N) is 1. The van der Waals surface area contributed by atoms with Crippen molar-refractivity contribution in [2.24, 2.45) is 5.92 Å². The molecule has 0 radical (unpaired) electrons. The Bertz CT molecular complexity index is 983. The maximum Gasteiger partial charge on any atom is 0.257 e. The summed E-state index contributed by atoms with van der Waals surface area (Å²) < 4.78 is 0. The van der Waals surface area contributed by atoms with Gasteiger partial charge in [-0.2, -0.15) is 0 Å². The summed E-state index contributed by atoms with van der Waals surface area (Å²) in [7, 11) is 3.19. The van der Waals surface area contributed by atoms with E-state index in [-0.39, 0.29) is 46.3 Å². The van der Waals surface area contributed by atoms with E-state index in [2.05, 4.69) is 10.6 Å². The molecule has 30 heavy (non-hydrogen) atoms. The van der Waals surface area contributed by atoms with Gasteiger partial charge in [0.15, 0.2) is 11.9 Å². The van der Waals surface area contributed by atoms with Crippen molar-refractivity contribution >= 4 is 17.4 Å². The highest BCUT2D eigenvalue weighted by Crippen LogP contribution is 2.34. The summed E-state index contributed by atoms with van der Waals surface area (Å²) in [6.45, 7) is 4.08. The molecule has 0 aromatic heterocycles. The monoisotopic (exact) mass is 409 g/mol. The number of aliphatic hydroxyl groups is 1. The Balaban J connectivity index is 1.92. The summed E-state index contributed by atoms with van der Waals surface area (Å²) in [4.78, 5) is 26.0. The topological polar surface area (TPSA) is 102 Å². The first-order valence-electron chi connectivity index (χ1n) is 9.81. The predicted molar refractivity (Wildman–Crippen MR) is 115 cm³/mol. The van der Waals surface area contributed by atoms with E-state index < -0.39 is 11.9 Å². The molecule has 0 spiro atoms. The number of carbonyl (C=O) groups excluding carboxylic acids is 2. The number of phenolic OH excluding ortho intramolecular Hbond substituents is 1. The largest absolute Gasteiger partial charge is 0.505 e. The fraction of sp³-hybridized carbons (Fsp3) is 0.304. The van der Waals surface area contributed by atoms with E-state index in [9.17, 15) is 19.8 Å². The molecule has 0 bridgehead atoms. The number of amides is 1. The van der Waals surface area contributed by atoms with Gasteiger partial charge in [-0.05, 0) is 23.6 Å². The lowest BCUT2D eigenvalue weighted by atomic mass is 9.90. The summed E-state index contributed by atoms with van der Waals surface area (Å²) >= 11 is 0. The van der Waals surface area contributed by atoms with Crippen molar-refractivity contribution in [3.05, 3.63) is 71.1 Å². The summed E-state index contributed by atoms with van der Waals surface area (Å²) in [6.07, 6.45) is -1.32. The molecular formula is C23H27N3O4. The number of phenols is 1. The minimum Gasteiger partial charge on any atom is -0.505 e. The number of nitrogens with one attached hydrogen (secondary N) is 2. The van der Waals surface area contributed by atoms with Crippen LogP contribution in [0.25, 0.3) is 0 Å². The van der Waals surface area contributed by atoms with Gasteiger partial charge in [0, 0.05) is 14.1 Å². The van der Waals surface area contributed by atoms with Gasteiger partial charge in [0.2, 0.25) is 5.78 Å². The summed E-state index contributed by atoms with van der Waals surface area (Å²) in [5, 5.41) is 26.9. The average molecular weight is 409 g/mol. The highest BCUT2D eigenvalue weighted by molar-refractivity contribution is 6.09. The van der Waals surface area contributed by atoms with E-state index in [4.69, 9.17) is 0 Å². The summed E-state index contributed by atoms with van der Waals surface area (Å²) in [5.74, 6) is -0.823. The van der Waals surface area contributed by atoms with E-state index in [1.807, 2.05) is 44.2 Å². The highest BCUT2D eigenvalue weighted by Gasteiger charge is 2.40. The number of anilines is 1. The molecular weight excluding hydrogens is 382 g/mol. The SMILES string of the molecule is CC(C)C(NC1=C(Nc2cccc(C(=O)N(C)C)c2O)C(O)C1=O)c1ccccc1. The Morgan fingerprint density at radius 2 is 1.73 bits per heavy atom. The number of aliphatic hydroxyl groups excluding tert-OH is 1. The maximum atomic E-state index is 12.4. The molecule has 0 saturated carbocycles. The molecule has 2 unspecified atom stereocenters. The van der Waals surface area contributed by atoms with Crippen LogP contribution in [0.2, 0.25) is 0 Å². The maximum absolute atomic E-state index is 12.4. The number of hydrogen-bond donors (Lipinski definition) is 4. The van der Waals surface area contributed by atoms with Crippen molar-refractivity contribution in [2.45, 2.75) is 26.0 Å². The van der Waals surface area contributed by atoms with Crippen molar-refractivity contribution < 1.29 is 19.8 Å². The summed E-state index contributed by atoms with van der Waals surface area (Å²) in [6, 6.07) is 14.3. The van der Waals surface area contributed by atoms with Crippen LogP contribution in [0.3, 0.4) is 0 Å². The van der Waals surface area contributed by atoms with Crippen molar-refractivity contribution in [3.63, 3.8) is 0 Å². The molecule has 0 heterocycles. The van der Waals surface area contributed by atoms with Crippen molar-refractivity contribution in [2.75, 3.05) is 19.4 Å². The zero-order valence-corrected chi connectivity index (χ0v) is 17.5. The Labute approximate surface area is 176 Å². The third kappa shape index (κ3) is 4.02. The molecule has 1 amide bonds. The first-order chi connectivity index (χ1) is 14.2. The van der Waals surface area contributed by atoms with E-state index in [0.717, 1.165) is 5.56 Å². The van der Waals surface area contributed by atoms with Gasteiger partial charge < -0.3 is 25.7 Å². The third-order valence-electron chi connectivity index (χ3n) is 5.10. The molecule has 3 rings (SSSR count). The van der Waals surface area contributed by atoms with Crippen LogP contribution < -0.4 is 10.6 Å². The lowest BCUT2D eigenvalue weighted by molar-refractivity contribution is -0.125. The first kappa shape index (κ1) is 21.4.